The van der Waals surface area contributed by atoms with E-state index in [1.165, 1.54) is 6.26 Å². The summed E-state index contributed by atoms with van der Waals surface area (Å²) in [6.45, 7) is 1.45. The maximum atomic E-state index is 12.7. The molecule has 0 fully saturated rings. The van der Waals surface area contributed by atoms with Crippen molar-refractivity contribution >= 4 is 38.9 Å². The number of nitrogens with one attached hydrogen (secondary N) is 1. The fraction of sp³-hybridized carbons (Fsp3) is 0.269. The number of carbonyl (C=O) groups excluding carboxylic acids is 1. The van der Waals surface area contributed by atoms with Gasteiger partial charge in [0.1, 0.15) is 5.84 Å². The minimum absolute atomic E-state index is 0. The molecular formula is C26H32N6O3S. The lowest BCUT2D eigenvalue weighted by Gasteiger charge is -2.26. The highest BCUT2D eigenvalue weighted by Gasteiger charge is 2.21. The molecule has 2 bridgehead atoms. The van der Waals surface area contributed by atoms with E-state index in [-0.39, 0.29) is 12.2 Å². The molecular weight excluding hydrogens is 476 g/mol. The number of carbonyl (C=O) groups is 1. The second-order valence-electron chi connectivity index (χ2n) is 9.05. The highest BCUT2D eigenvalue weighted by molar-refractivity contribution is 7.90. The highest BCUT2D eigenvalue weighted by Crippen LogP contribution is 2.26. The standard InChI is InChI=1S/C26H30N6O3S.H2/c1-30(2)15-16-31(3)25(33)20-5-7-21(8-6-20)28-26-27-18-19-13-14-32(24(17-19)29-26)22-9-11-23(12-10-22)36(4,34)35;/h5-14,18H,15-17H2,1-4H3,(H,27,28);1H. The van der Waals surface area contributed by atoms with Crippen molar-refractivity contribution in [1.29, 1.82) is 0 Å². The van der Waals surface area contributed by atoms with Crippen molar-refractivity contribution in [2.45, 2.75) is 11.3 Å². The van der Waals surface area contributed by atoms with E-state index in [2.05, 4.69) is 10.3 Å². The van der Waals surface area contributed by atoms with Gasteiger partial charge in [-0.2, -0.15) is 4.99 Å². The molecule has 0 radical (unpaired) electrons. The van der Waals surface area contributed by atoms with Gasteiger partial charge in [-0.3, -0.25) is 4.79 Å². The van der Waals surface area contributed by atoms with Crippen molar-refractivity contribution in [3.8, 4) is 0 Å². The zero-order chi connectivity index (χ0) is 25.9. The number of aliphatic imine (C=N–C) groups is 2. The molecule has 10 heteroatoms. The summed E-state index contributed by atoms with van der Waals surface area (Å²) in [5.74, 6) is 1.15. The normalized spacial score (nSPS) is 15.1. The SMILES string of the molecule is CN(C)CCN(C)C(=O)c1ccc(NC2=NC=C3C=CN(c4ccc(S(C)(=O)=O)cc4)C(=N2)C3)cc1.[HH]. The zero-order valence-corrected chi connectivity index (χ0v) is 21.7. The third-order valence-electron chi connectivity index (χ3n) is 5.83. The maximum Gasteiger partial charge on any atom is 0.253 e. The number of allylic oxidation sites excluding steroid dienone is 1. The number of rotatable bonds is 7. The average molecular weight is 509 g/mol. The van der Waals surface area contributed by atoms with E-state index in [9.17, 15) is 13.2 Å². The number of amidine groups is 1. The molecule has 2 aromatic rings. The van der Waals surface area contributed by atoms with Crippen LogP contribution < -0.4 is 10.2 Å². The van der Waals surface area contributed by atoms with Crippen LogP contribution in [0, 0.1) is 0 Å². The Kier molecular flexibility index (Phi) is 7.37. The topological polar surface area (TPSA) is 97.7 Å². The molecule has 2 aliphatic rings. The van der Waals surface area contributed by atoms with Crippen molar-refractivity contribution in [2.75, 3.05) is 50.7 Å². The van der Waals surface area contributed by atoms with Gasteiger partial charge >= 0.3 is 0 Å². The van der Waals surface area contributed by atoms with Crippen LogP contribution in [-0.2, 0) is 9.84 Å². The van der Waals surface area contributed by atoms with Crippen LogP contribution in [0.3, 0.4) is 0 Å². The van der Waals surface area contributed by atoms with Gasteiger partial charge in [-0.15, -0.1) is 0 Å². The second-order valence-corrected chi connectivity index (χ2v) is 11.1. The Morgan fingerprint density at radius 2 is 1.75 bits per heavy atom. The van der Waals surface area contributed by atoms with Crippen molar-refractivity contribution in [2.24, 2.45) is 9.98 Å². The number of likely N-dealkylation sites (N-methyl/N-ethyl adjacent to an activating group) is 2. The molecule has 4 rings (SSSR count). The Labute approximate surface area is 213 Å². The zero-order valence-electron chi connectivity index (χ0n) is 20.8. The third kappa shape index (κ3) is 6.07. The van der Waals surface area contributed by atoms with Crippen LogP contribution in [0.1, 0.15) is 18.2 Å². The molecule has 9 nitrogen and oxygen atoms in total. The molecule has 0 aliphatic carbocycles. The Hall–Kier alpha value is -3.76. The number of sulfone groups is 1. The molecule has 2 aliphatic heterocycles. The maximum absolute atomic E-state index is 12.7. The van der Waals surface area contributed by atoms with Crippen LogP contribution in [0.2, 0.25) is 0 Å². The van der Waals surface area contributed by atoms with E-state index >= 15 is 0 Å². The predicted molar refractivity (Wildman–Crippen MR) is 146 cm³/mol. The lowest BCUT2D eigenvalue weighted by atomic mass is 10.1. The van der Waals surface area contributed by atoms with Crippen LogP contribution in [0.5, 0.6) is 0 Å². The van der Waals surface area contributed by atoms with Gasteiger partial charge in [0.05, 0.1) is 4.90 Å². The Bertz CT molecular complexity index is 1360. The molecule has 0 saturated carbocycles. The van der Waals surface area contributed by atoms with Crippen LogP contribution in [0.4, 0.5) is 11.4 Å². The summed E-state index contributed by atoms with van der Waals surface area (Å²) >= 11 is 0. The van der Waals surface area contributed by atoms with Crippen molar-refractivity contribution in [3.05, 3.63) is 78.1 Å². The molecule has 1 N–H and O–H groups in total. The van der Waals surface area contributed by atoms with Gasteiger partial charge in [-0.1, -0.05) is 0 Å². The third-order valence-corrected chi connectivity index (χ3v) is 6.95. The summed E-state index contributed by atoms with van der Waals surface area (Å²) in [4.78, 5) is 27.8. The summed E-state index contributed by atoms with van der Waals surface area (Å²) in [5.41, 5.74) is 3.19. The minimum atomic E-state index is -3.27. The van der Waals surface area contributed by atoms with Crippen molar-refractivity contribution < 1.29 is 14.6 Å². The summed E-state index contributed by atoms with van der Waals surface area (Å²) in [6, 6.07) is 13.9. The molecule has 0 unspecified atom stereocenters. The van der Waals surface area contributed by atoms with E-state index in [1.807, 2.05) is 48.3 Å². The van der Waals surface area contributed by atoms with Gasteiger partial charge in [0.2, 0.25) is 5.96 Å². The molecule has 0 saturated heterocycles. The number of nitrogens with zero attached hydrogens (tertiary/aromatic N) is 5. The number of guanidine groups is 1. The smallest absolute Gasteiger partial charge is 0.253 e. The largest absolute Gasteiger partial charge is 0.340 e. The molecule has 0 aromatic heterocycles. The summed E-state index contributed by atoms with van der Waals surface area (Å²) in [5, 5.41) is 3.22. The first kappa shape index (κ1) is 25.3. The van der Waals surface area contributed by atoms with E-state index < -0.39 is 9.84 Å². The van der Waals surface area contributed by atoms with Crippen LogP contribution in [-0.4, -0.2) is 76.4 Å². The van der Waals surface area contributed by atoms with E-state index in [1.54, 1.807) is 54.5 Å². The van der Waals surface area contributed by atoms with Crippen molar-refractivity contribution in [3.63, 3.8) is 0 Å². The van der Waals surface area contributed by atoms with Crippen LogP contribution in [0.25, 0.3) is 0 Å². The molecule has 0 atom stereocenters. The molecule has 190 valence electrons. The average Bonchev–Trinajstić information content (AvgIpc) is 3.00. The first-order valence-corrected chi connectivity index (χ1v) is 13.4. The Morgan fingerprint density at radius 3 is 2.39 bits per heavy atom. The molecule has 0 spiro atoms. The summed E-state index contributed by atoms with van der Waals surface area (Å²) < 4.78 is 23.6. The van der Waals surface area contributed by atoms with E-state index in [0.717, 1.165) is 29.3 Å². The fourth-order valence-corrected chi connectivity index (χ4v) is 4.34. The van der Waals surface area contributed by atoms with E-state index in [4.69, 9.17) is 4.99 Å². The fourth-order valence-electron chi connectivity index (χ4n) is 3.71. The molecule has 36 heavy (non-hydrogen) atoms. The van der Waals surface area contributed by atoms with Crippen LogP contribution >= 0.6 is 0 Å². The Morgan fingerprint density at radius 1 is 1.06 bits per heavy atom. The van der Waals surface area contributed by atoms with Crippen molar-refractivity contribution in [1.82, 2.24) is 9.80 Å². The molecule has 1 amide bonds. The van der Waals surface area contributed by atoms with Gasteiger partial charge in [0, 0.05) is 63.6 Å². The lowest BCUT2D eigenvalue weighted by molar-refractivity contribution is 0.0786. The lowest BCUT2D eigenvalue weighted by Crippen LogP contribution is -2.33. The van der Waals surface area contributed by atoms with Gasteiger partial charge in [-0.05, 0) is 74.3 Å². The number of fused-ring (bicyclic) bond motifs is 2. The summed E-state index contributed by atoms with van der Waals surface area (Å²) in [7, 11) is 2.49. The Balaban J connectivity index is 0.00000380. The monoisotopic (exact) mass is 508 g/mol. The first-order chi connectivity index (χ1) is 17.1. The summed E-state index contributed by atoms with van der Waals surface area (Å²) in [6.07, 6.45) is 7.41. The minimum Gasteiger partial charge on any atom is -0.340 e. The molecule has 2 heterocycles. The highest BCUT2D eigenvalue weighted by atomic mass is 32.2. The first-order valence-electron chi connectivity index (χ1n) is 11.5. The van der Waals surface area contributed by atoms with Gasteiger partial charge in [0.15, 0.2) is 9.84 Å². The predicted octanol–water partition coefficient (Wildman–Crippen LogP) is 3.46. The number of benzene rings is 2. The number of amides is 1. The number of hydrogen-bond donors (Lipinski definition) is 1. The number of hydrogen-bond acceptors (Lipinski definition) is 8. The van der Waals surface area contributed by atoms with Gasteiger partial charge in [0.25, 0.3) is 5.91 Å². The van der Waals surface area contributed by atoms with Gasteiger partial charge < -0.3 is 20.0 Å². The quantitative estimate of drug-likeness (QED) is 0.615. The van der Waals surface area contributed by atoms with Crippen LogP contribution in [0.15, 0.2) is 87.5 Å². The second kappa shape index (κ2) is 10.5. The number of anilines is 2. The van der Waals surface area contributed by atoms with Gasteiger partial charge in [-0.25, -0.2) is 13.4 Å². The van der Waals surface area contributed by atoms with E-state index in [0.29, 0.717) is 24.5 Å². The molecule has 2 aromatic carbocycles.